The molecule has 0 heterocycles. The van der Waals surface area contributed by atoms with Gasteiger partial charge >= 0.3 is 0 Å². The van der Waals surface area contributed by atoms with Crippen LogP contribution in [0.15, 0.2) is 140 Å². The summed E-state index contributed by atoms with van der Waals surface area (Å²) in [7, 11) is 0. The summed E-state index contributed by atoms with van der Waals surface area (Å²) in [5.74, 6) is 0. The molecule has 0 aliphatic heterocycles. The third kappa shape index (κ3) is 4.15. The number of rotatable bonds is 6. The average Bonchev–Trinajstić information content (AvgIpc) is 3.39. The second-order valence-electron chi connectivity index (χ2n) is 10.4. The molecule has 0 radical (unpaired) electrons. The Bertz CT molecular complexity index is 2090. The van der Waals surface area contributed by atoms with Crippen molar-refractivity contribution in [3.05, 3.63) is 145 Å². The van der Waals surface area contributed by atoms with Crippen LogP contribution in [0.3, 0.4) is 0 Å². The maximum atomic E-state index is 8.88. The molecule has 0 fully saturated rings. The smallest absolute Gasteiger partial charge is 0.132 e. The van der Waals surface area contributed by atoms with Crippen molar-refractivity contribution in [3.63, 3.8) is 0 Å². The van der Waals surface area contributed by atoms with Crippen LogP contribution in [0.4, 0.5) is 0 Å². The first-order valence-corrected chi connectivity index (χ1v) is 13.8. The van der Waals surface area contributed by atoms with Crippen molar-refractivity contribution in [2.75, 3.05) is 0 Å². The molecule has 42 heavy (non-hydrogen) atoms. The van der Waals surface area contributed by atoms with E-state index in [0.29, 0.717) is 0 Å². The first-order valence-electron chi connectivity index (χ1n) is 13.8. The summed E-state index contributed by atoms with van der Waals surface area (Å²) in [5.41, 5.74) is 12.7. The number of benzene rings is 6. The standard InChI is InChI=1S/C39H25N3/c40-24-30(41)21-22-35(42)27-19-17-26(18-20-27)33-23-34(25-9-3-1-4-10-25)38-31-15-7-13-28-14-8-16-32(36(28)31)39(38)37(33)29-11-5-2-6-12-29/h1-23,41-42H/b22-21-,41-30?,42-35?. The van der Waals surface area contributed by atoms with Gasteiger partial charge in [0, 0.05) is 0 Å². The van der Waals surface area contributed by atoms with Crippen molar-refractivity contribution >= 4 is 22.2 Å². The third-order valence-corrected chi connectivity index (χ3v) is 7.96. The minimum atomic E-state index is -0.175. The molecule has 0 saturated carbocycles. The Morgan fingerprint density at radius 1 is 0.524 bits per heavy atom. The lowest BCUT2D eigenvalue weighted by atomic mass is 9.82. The van der Waals surface area contributed by atoms with E-state index in [1.807, 2.05) is 12.1 Å². The zero-order chi connectivity index (χ0) is 28.6. The van der Waals surface area contributed by atoms with E-state index in [0.717, 1.165) is 22.3 Å². The highest BCUT2D eigenvalue weighted by Gasteiger charge is 2.29. The topological polar surface area (TPSA) is 71.5 Å². The first kappa shape index (κ1) is 25.1. The van der Waals surface area contributed by atoms with Gasteiger partial charge in [-0.25, -0.2) is 0 Å². The summed E-state index contributed by atoms with van der Waals surface area (Å²) in [5, 5.41) is 27.4. The van der Waals surface area contributed by atoms with Gasteiger partial charge in [0.2, 0.25) is 0 Å². The van der Waals surface area contributed by atoms with Crippen LogP contribution in [-0.2, 0) is 0 Å². The van der Waals surface area contributed by atoms with Gasteiger partial charge in [0.1, 0.15) is 11.8 Å². The van der Waals surface area contributed by atoms with Gasteiger partial charge in [0.25, 0.3) is 0 Å². The Labute approximate surface area is 244 Å². The third-order valence-electron chi connectivity index (χ3n) is 7.96. The Kier molecular flexibility index (Phi) is 6.15. The Morgan fingerprint density at radius 2 is 1.10 bits per heavy atom. The van der Waals surface area contributed by atoms with Crippen LogP contribution in [-0.4, -0.2) is 11.4 Å². The highest BCUT2D eigenvalue weighted by Crippen LogP contribution is 2.57. The Hall–Kier alpha value is -5.85. The molecule has 6 aromatic rings. The lowest BCUT2D eigenvalue weighted by molar-refractivity contribution is 1.48. The second-order valence-corrected chi connectivity index (χ2v) is 10.4. The number of hydrogen-bond acceptors (Lipinski definition) is 3. The summed E-state index contributed by atoms with van der Waals surface area (Å²) >= 11 is 0. The highest BCUT2D eigenvalue weighted by molar-refractivity contribution is 6.22. The number of nitrogens with zero attached hydrogens (tertiary/aromatic N) is 1. The quantitative estimate of drug-likeness (QED) is 0.204. The van der Waals surface area contributed by atoms with E-state index in [9.17, 15) is 0 Å². The summed E-state index contributed by atoms with van der Waals surface area (Å²) in [6.45, 7) is 0. The van der Waals surface area contributed by atoms with Crippen LogP contribution < -0.4 is 0 Å². The number of hydrogen-bond donors (Lipinski definition) is 2. The summed E-state index contributed by atoms with van der Waals surface area (Å²) in [6.07, 6.45) is 2.85. The lowest BCUT2D eigenvalue weighted by Gasteiger charge is -2.21. The van der Waals surface area contributed by atoms with Crippen LogP contribution in [0.1, 0.15) is 5.56 Å². The van der Waals surface area contributed by atoms with E-state index in [-0.39, 0.29) is 11.4 Å². The van der Waals surface area contributed by atoms with Crippen molar-refractivity contribution in [1.82, 2.24) is 0 Å². The van der Waals surface area contributed by atoms with E-state index in [2.05, 4.69) is 115 Å². The van der Waals surface area contributed by atoms with Gasteiger partial charge in [-0.3, -0.25) is 5.41 Å². The molecule has 0 atom stereocenters. The predicted molar refractivity (Wildman–Crippen MR) is 174 cm³/mol. The minimum absolute atomic E-state index is 0.175. The summed E-state index contributed by atoms with van der Waals surface area (Å²) in [6, 6.07) is 46.5. The Morgan fingerprint density at radius 3 is 1.74 bits per heavy atom. The monoisotopic (exact) mass is 535 g/mol. The molecule has 7 rings (SSSR count). The van der Waals surface area contributed by atoms with Gasteiger partial charge in [-0.2, -0.15) is 5.26 Å². The van der Waals surface area contributed by atoms with Crippen molar-refractivity contribution in [2.24, 2.45) is 0 Å². The molecule has 3 nitrogen and oxygen atoms in total. The van der Waals surface area contributed by atoms with Crippen LogP contribution in [0, 0.1) is 22.1 Å². The average molecular weight is 536 g/mol. The molecule has 0 bridgehead atoms. The largest absolute Gasteiger partial charge is 0.300 e. The van der Waals surface area contributed by atoms with Gasteiger partial charge in [-0.05, 0) is 90.2 Å². The number of nitrogens with one attached hydrogen (secondary N) is 2. The fourth-order valence-corrected chi connectivity index (χ4v) is 6.10. The normalized spacial score (nSPS) is 11.4. The molecule has 0 unspecified atom stereocenters. The molecule has 0 amide bonds. The van der Waals surface area contributed by atoms with Crippen LogP contribution in [0.25, 0.3) is 66.4 Å². The SMILES string of the molecule is N#CC(=N)/C=C\C(=N)c1ccc(-c2cc(-c3ccccc3)c3c(c2-c2ccccc2)-c2cccc4cccc-3c24)cc1. The maximum Gasteiger partial charge on any atom is 0.132 e. The van der Waals surface area contributed by atoms with E-state index in [1.54, 1.807) is 6.07 Å². The Balaban J connectivity index is 1.52. The van der Waals surface area contributed by atoms with Crippen molar-refractivity contribution < 1.29 is 0 Å². The fraction of sp³-hybridized carbons (Fsp3) is 0. The van der Waals surface area contributed by atoms with Gasteiger partial charge in [0.05, 0.1) is 5.71 Å². The van der Waals surface area contributed by atoms with E-state index in [1.165, 1.54) is 61.9 Å². The predicted octanol–water partition coefficient (Wildman–Crippen LogP) is 9.96. The number of allylic oxidation sites excluding steroid dienone is 2. The van der Waals surface area contributed by atoms with E-state index in [4.69, 9.17) is 16.1 Å². The molecule has 1 aliphatic rings. The maximum absolute atomic E-state index is 8.88. The first-order chi connectivity index (χ1) is 20.6. The molecule has 3 heteroatoms. The van der Waals surface area contributed by atoms with E-state index >= 15 is 0 Å². The molecule has 2 N–H and O–H groups in total. The molecular formula is C39H25N3. The molecule has 0 spiro atoms. The number of nitriles is 1. The van der Waals surface area contributed by atoms with Gasteiger partial charge in [-0.15, -0.1) is 0 Å². The molecule has 6 aromatic carbocycles. The molecule has 0 saturated heterocycles. The zero-order valence-corrected chi connectivity index (χ0v) is 22.7. The van der Waals surface area contributed by atoms with Crippen LogP contribution in [0.5, 0.6) is 0 Å². The lowest BCUT2D eigenvalue weighted by Crippen LogP contribution is -1.97. The second kappa shape index (κ2) is 10.3. The van der Waals surface area contributed by atoms with Crippen LogP contribution in [0.2, 0.25) is 0 Å². The molecule has 1 aliphatic carbocycles. The van der Waals surface area contributed by atoms with Crippen molar-refractivity contribution in [1.29, 1.82) is 16.1 Å². The molecular weight excluding hydrogens is 510 g/mol. The van der Waals surface area contributed by atoms with Gasteiger partial charge in [-0.1, -0.05) is 121 Å². The molecule has 0 aromatic heterocycles. The summed E-state index contributed by atoms with van der Waals surface area (Å²) < 4.78 is 0. The van der Waals surface area contributed by atoms with Gasteiger partial charge < -0.3 is 5.41 Å². The molecule has 196 valence electrons. The van der Waals surface area contributed by atoms with Crippen molar-refractivity contribution in [3.8, 4) is 61.7 Å². The van der Waals surface area contributed by atoms with Gasteiger partial charge in [0.15, 0.2) is 0 Å². The highest BCUT2D eigenvalue weighted by atomic mass is 14.4. The zero-order valence-electron chi connectivity index (χ0n) is 22.7. The van der Waals surface area contributed by atoms with Crippen molar-refractivity contribution in [2.45, 2.75) is 0 Å². The fourth-order valence-electron chi connectivity index (χ4n) is 6.10. The van der Waals surface area contributed by atoms with Crippen LogP contribution >= 0.6 is 0 Å². The number of fused-ring (bicyclic) bond motifs is 3. The van der Waals surface area contributed by atoms with E-state index < -0.39 is 0 Å². The minimum Gasteiger partial charge on any atom is -0.300 e. The summed E-state index contributed by atoms with van der Waals surface area (Å²) in [4.78, 5) is 0.